The minimum Gasteiger partial charge on any atom is -0.340 e. The van der Waals surface area contributed by atoms with Gasteiger partial charge in [-0.2, -0.15) is 0 Å². The summed E-state index contributed by atoms with van der Waals surface area (Å²) in [5, 5.41) is 11.7. The van der Waals surface area contributed by atoms with Crippen LogP contribution in [0.3, 0.4) is 0 Å². The predicted molar refractivity (Wildman–Crippen MR) is 135 cm³/mol. The van der Waals surface area contributed by atoms with Gasteiger partial charge in [0.25, 0.3) is 10.0 Å². The van der Waals surface area contributed by atoms with Crippen molar-refractivity contribution in [2.75, 3.05) is 10.0 Å². The third-order valence-electron chi connectivity index (χ3n) is 4.86. The van der Waals surface area contributed by atoms with Crippen molar-refractivity contribution in [1.29, 1.82) is 0 Å². The van der Waals surface area contributed by atoms with E-state index in [4.69, 9.17) is 11.6 Å². The number of anilines is 3. The third kappa shape index (κ3) is 4.69. The Morgan fingerprint density at radius 3 is 2.38 bits per heavy atom. The van der Waals surface area contributed by atoms with Crippen molar-refractivity contribution in [2.45, 2.75) is 11.8 Å². The largest absolute Gasteiger partial charge is 0.340 e. The fourth-order valence-electron chi connectivity index (χ4n) is 3.29. The molecule has 2 aromatic carbocycles. The molecule has 0 aliphatic rings. The second-order valence-electron chi connectivity index (χ2n) is 7.31. The summed E-state index contributed by atoms with van der Waals surface area (Å²) in [6.45, 7) is 1.84. The Balaban J connectivity index is 1.41. The first-order valence-corrected chi connectivity index (χ1v) is 12.8. The Morgan fingerprint density at radius 2 is 1.68 bits per heavy atom. The monoisotopic (exact) mass is 508 g/mol. The van der Waals surface area contributed by atoms with Crippen molar-refractivity contribution in [3.8, 4) is 10.4 Å². The first kappa shape index (κ1) is 22.2. The highest BCUT2D eigenvalue weighted by molar-refractivity contribution is 7.92. The van der Waals surface area contributed by atoms with E-state index in [0.717, 1.165) is 20.7 Å². The topological polar surface area (TPSA) is 110 Å². The van der Waals surface area contributed by atoms with Crippen LogP contribution in [0.2, 0.25) is 5.15 Å². The van der Waals surface area contributed by atoms with Crippen molar-refractivity contribution in [3.05, 3.63) is 83.8 Å². The van der Waals surface area contributed by atoms with Crippen LogP contribution >= 0.6 is 22.9 Å². The predicted octanol–water partition coefficient (Wildman–Crippen LogP) is 5.65. The first-order valence-electron chi connectivity index (χ1n) is 10.1. The maximum absolute atomic E-state index is 12.7. The molecule has 0 unspecified atom stereocenters. The summed E-state index contributed by atoms with van der Waals surface area (Å²) in [5.41, 5.74) is 1.80. The first-order chi connectivity index (χ1) is 16.4. The smallest absolute Gasteiger partial charge is 0.263 e. The van der Waals surface area contributed by atoms with Gasteiger partial charge < -0.3 is 5.32 Å². The Kier molecular flexibility index (Phi) is 5.86. The number of hydrogen-bond acceptors (Lipinski definition) is 8. The van der Waals surface area contributed by atoms with Crippen molar-refractivity contribution in [1.82, 2.24) is 20.2 Å². The minimum absolute atomic E-state index is 0.0807. The average molecular weight is 509 g/mol. The molecule has 5 rings (SSSR count). The number of aromatic nitrogens is 4. The van der Waals surface area contributed by atoms with Crippen molar-refractivity contribution in [3.63, 3.8) is 0 Å². The second kappa shape index (κ2) is 8.98. The number of fused-ring (bicyclic) bond motifs is 1. The van der Waals surface area contributed by atoms with Crippen molar-refractivity contribution in [2.24, 2.45) is 0 Å². The van der Waals surface area contributed by atoms with Crippen LogP contribution in [0.25, 0.3) is 20.7 Å². The van der Waals surface area contributed by atoms with Crippen LogP contribution in [0.1, 0.15) is 5.82 Å². The molecule has 0 spiro atoms. The SMILES string of the molecule is Cc1nc(Nc2ccc(S(=O)(=O)Nc3ccc(Cl)nn3)cc2)c2cc(-c3ccccc3)sc2n1. The maximum atomic E-state index is 12.7. The fourth-order valence-corrected chi connectivity index (χ4v) is 5.47. The number of nitrogens with one attached hydrogen (secondary N) is 2. The van der Waals surface area contributed by atoms with Crippen LogP contribution in [-0.4, -0.2) is 28.6 Å². The molecule has 0 aliphatic heterocycles. The lowest BCUT2D eigenvalue weighted by Gasteiger charge is -2.10. The van der Waals surface area contributed by atoms with Gasteiger partial charge in [0.15, 0.2) is 11.0 Å². The lowest BCUT2D eigenvalue weighted by molar-refractivity contribution is 0.601. The van der Waals surface area contributed by atoms with E-state index in [1.807, 2.05) is 25.1 Å². The molecule has 5 aromatic rings. The number of hydrogen-bond donors (Lipinski definition) is 2. The van der Waals surface area contributed by atoms with E-state index in [1.54, 1.807) is 23.5 Å². The summed E-state index contributed by atoms with van der Waals surface area (Å²) < 4.78 is 27.7. The van der Waals surface area contributed by atoms with Crippen molar-refractivity contribution >= 4 is 60.5 Å². The number of aryl methyl sites for hydroxylation is 1. The highest BCUT2D eigenvalue weighted by Crippen LogP contribution is 2.36. The van der Waals surface area contributed by atoms with E-state index < -0.39 is 10.0 Å². The zero-order valence-electron chi connectivity index (χ0n) is 17.7. The molecule has 11 heteroatoms. The molecular formula is C23H17ClN6O2S2. The molecule has 0 amide bonds. The van der Waals surface area contributed by atoms with Gasteiger partial charge in [0.2, 0.25) is 0 Å². The molecule has 0 aliphatic carbocycles. The van der Waals surface area contributed by atoms with Crippen LogP contribution < -0.4 is 10.0 Å². The van der Waals surface area contributed by atoms with Gasteiger partial charge in [-0.3, -0.25) is 4.72 Å². The van der Waals surface area contributed by atoms with Crippen LogP contribution in [-0.2, 0) is 10.0 Å². The molecular weight excluding hydrogens is 492 g/mol. The van der Waals surface area contributed by atoms with Gasteiger partial charge in [-0.1, -0.05) is 41.9 Å². The summed E-state index contributed by atoms with van der Waals surface area (Å²) in [6.07, 6.45) is 0. The molecule has 170 valence electrons. The number of thiophene rings is 1. The van der Waals surface area contributed by atoms with Gasteiger partial charge in [0.05, 0.1) is 10.3 Å². The maximum Gasteiger partial charge on any atom is 0.263 e. The lowest BCUT2D eigenvalue weighted by atomic mass is 10.2. The van der Waals surface area contributed by atoms with Gasteiger partial charge >= 0.3 is 0 Å². The average Bonchev–Trinajstić information content (AvgIpc) is 3.26. The van der Waals surface area contributed by atoms with E-state index >= 15 is 0 Å². The highest BCUT2D eigenvalue weighted by Gasteiger charge is 2.16. The van der Waals surface area contributed by atoms with Crippen LogP contribution in [0.5, 0.6) is 0 Å². The van der Waals surface area contributed by atoms with E-state index in [0.29, 0.717) is 17.3 Å². The number of sulfonamides is 1. The molecule has 0 saturated heterocycles. The van der Waals surface area contributed by atoms with E-state index in [1.165, 1.54) is 24.3 Å². The Hall–Kier alpha value is -3.60. The zero-order chi connectivity index (χ0) is 23.7. The van der Waals surface area contributed by atoms with Gasteiger partial charge in [0.1, 0.15) is 16.5 Å². The summed E-state index contributed by atoms with van der Waals surface area (Å²) >= 11 is 7.30. The van der Waals surface area contributed by atoms with Gasteiger partial charge in [0, 0.05) is 10.6 Å². The molecule has 0 bridgehead atoms. The number of rotatable bonds is 6. The van der Waals surface area contributed by atoms with E-state index in [2.05, 4.69) is 48.4 Å². The number of benzene rings is 2. The molecule has 0 atom stereocenters. The van der Waals surface area contributed by atoms with Gasteiger partial charge in [-0.25, -0.2) is 18.4 Å². The van der Waals surface area contributed by atoms with Gasteiger partial charge in [-0.15, -0.1) is 21.5 Å². The Labute approximate surface area is 204 Å². The molecule has 0 radical (unpaired) electrons. The second-order valence-corrected chi connectivity index (χ2v) is 10.4. The highest BCUT2D eigenvalue weighted by atomic mass is 35.5. The standard InChI is InChI=1S/C23H17ClN6O2S2/c1-14-25-22(18-13-19(33-23(18)26-14)15-5-3-2-4-6-15)27-16-7-9-17(10-8-16)34(31,32)30-21-12-11-20(24)28-29-21/h2-13H,1H3,(H,29,30)(H,25,26,27). The van der Waals surface area contributed by atoms with Crippen molar-refractivity contribution < 1.29 is 8.42 Å². The molecule has 3 aromatic heterocycles. The van der Waals surface area contributed by atoms with E-state index in [9.17, 15) is 8.42 Å². The molecule has 34 heavy (non-hydrogen) atoms. The van der Waals surface area contributed by atoms with Crippen LogP contribution in [0.4, 0.5) is 17.3 Å². The minimum atomic E-state index is -3.83. The fraction of sp³-hybridized carbons (Fsp3) is 0.0435. The zero-order valence-corrected chi connectivity index (χ0v) is 20.1. The molecule has 0 saturated carbocycles. The normalized spacial score (nSPS) is 11.5. The molecule has 3 heterocycles. The molecule has 8 nitrogen and oxygen atoms in total. The van der Waals surface area contributed by atoms with Gasteiger partial charge in [-0.05, 0) is 55.0 Å². The Bertz CT molecular complexity index is 1570. The summed E-state index contributed by atoms with van der Waals surface area (Å²) in [4.78, 5) is 11.2. The van der Waals surface area contributed by atoms with Crippen LogP contribution in [0, 0.1) is 6.92 Å². The Morgan fingerprint density at radius 1 is 0.912 bits per heavy atom. The van der Waals surface area contributed by atoms with E-state index in [-0.39, 0.29) is 15.9 Å². The third-order valence-corrected chi connectivity index (χ3v) is 7.51. The molecule has 0 fully saturated rings. The molecule has 2 N–H and O–H groups in total. The lowest BCUT2D eigenvalue weighted by Crippen LogP contribution is -2.14. The summed E-state index contributed by atoms with van der Waals surface area (Å²) in [7, 11) is -3.83. The number of halogens is 1. The summed E-state index contributed by atoms with van der Waals surface area (Å²) in [6, 6.07) is 21.4. The van der Waals surface area contributed by atoms with Crippen LogP contribution in [0.15, 0.2) is 77.7 Å². The summed E-state index contributed by atoms with van der Waals surface area (Å²) in [5.74, 6) is 1.38. The number of nitrogens with zero attached hydrogens (tertiary/aromatic N) is 4. The quantitative estimate of drug-likeness (QED) is 0.304.